The number of hydrogen-bond acceptors (Lipinski definition) is 0. The molecular formula is C24H21N. The van der Waals surface area contributed by atoms with E-state index >= 15 is 0 Å². The highest BCUT2D eigenvalue weighted by atomic mass is 15.0. The first-order valence-corrected chi connectivity index (χ1v) is 9.05. The Morgan fingerprint density at radius 2 is 1.48 bits per heavy atom. The Kier molecular flexibility index (Phi) is 3.11. The summed E-state index contributed by atoms with van der Waals surface area (Å²) in [6, 6.07) is 22.0. The van der Waals surface area contributed by atoms with Crippen molar-refractivity contribution >= 4 is 38.3 Å². The lowest BCUT2D eigenvalue weighted by atomic mass is 9.90. The van der Waals surface area contributed by atoms with Crippen LogP contribution in [-0.2, 0) is 0 Å². The lowest BCUT2D eigenvalue weighted by Crippen LogP contribution is -2.09. The van der Waals surface area contributed by atoms with Crippen molar-refractivity contribution < 1.29 is 0 Å². The normalized spacial score (nSPS) is 20.5. The van der Waals surface area contributed by atoms with E-state index in [0.29, 0.717) is 11.8 Å². The number of fused-ring (bicyclic) bond motifs is 5. The van der Waals surface area contributed by atoms with Crippen LogP contribution in [0.2, 0.25) is 0 Å². The maximum atomic E-state index is 2.45. The second-order valence-electron chi connectivity index (χ2n) is 7.20. The third-order valence-electron chi connectivity index (χ3n) is 5.65. The molecule has 1 aromatic heterocycles. The van der Waals surface area contributed by atoms with E-state index in [1.165, 1.54) is 38.3 Å². The van der Waals surface area contributed by atoms with Crippen LogP contribution in [0.3, 0.4) is 0 Å². The van der Waals surface area contributed by atoms with Crippen LogP contribution in [0.1, 0.15) is 13.8 Å². The van der Waals surface area contributed by atoms with E-state index < -0.39 is 0 Å². The molecule has 1 heterocycles. The highest BCUT2D eigenvalue weighted by Crippen LogP contribution is 2.38. The average Bonchev–Trinajstić information content (AvgIpc) is 2.99. The van der Waals surface area contributed by atoms with Gasteiger partial charge in [0, 0.05) is 21.9 Å². The lowest BCUT2D eigenvalue weighted by molar-refractivity contribution is 0.552. The molecule has 0 N–H and O–H groups in total. The van der Waals surface area contributed by atoms with Crippen LogP contribution in [-0.4, -0.2) is 4.57 Å². The monoisotopic (exact) mass is 323 g/mol. The molecule has 0 aliphatic heterocycles. The van der Waals surface area contributed by atoms with Gasteiger partial charge in [-0.05, 0) is 29.4 Å². The molecule has 4 aromatic rings. The predicted molar refractivity (Wildman–Crippen MR) is 109 cm³/mol. The Morgan fingerprint density at radius 1 is 0.720 bits per heavy atom. The zero-order chi connectivity index (χ0) is 17.0. The summed E-state index contributed by atoms with van der Waals surface area (Å²) < 4.78 is 2.45. The first kappa shape index (κ1) is 14.5. The minimum atomic E-state index is 0.547. The van der Waals surface area contributed by atoms with Gasteiger partial charge in [-0.1, -0.05) is 80.6 Å². The Labute approximate surface area is 147 Å². The van der Waals surface area contributed by atoms with Crippen LogP contribution < -0.4 is 0 Å². The molecule has 0 spiro atoms. The largest absolute Gasteiger partial charge is 0.309 e. The fourth-order valence-electron chi connectivity index (χ4n) is 4.05. The summed E-state index contributed by atoms with van der Waals surface area (Å²) in [6.07, 6.45) is 7.04. The molecule has 0 fully saturated rings. The summed E-state index contributed by atoms with van der Waals surface area (Å²) >= 11 is 0. The smallest absolute Gasteiger partial charge is 0.0619 e. The summed E-state index contributed by atoms with van der Waals surface area (Å²) in [4.78, 5) is 0. The first-order valence-electron chi connectivity index (χ1n) is 9.05. The number of para-hydroxylation sites is 1. The summed E-state index contributed by atoms with van der Waals surface area (Å²) in [6.45, 7) is 4.59. The number of nitrogens with zero attached hydrogens (tertiary/aromatic N) is 1. The van der Waals surface area contributed by atoms with Gasteiger partial charge in [0.05, 0.1) is 11.0 Å². The molecule has 5 rings (SSSR count). The zero-order valence-corrected chi connectivity index (χ0v) is 14.6. The molecule has 1 unspecified atom stereocenters. The maximum Gasteiger partial charge on any atom is 0.0619 e. The molecule has 0 saturated carbocycles. The van der Waals surface area contributed by atoms with Crippen molar-refractivity contribution in [3.05, 3.63) is 78.9 Å². The van der Waals surface area contributed by atoms with Gasteiger partial charge in [0.25, 0.3) is 0 Å². The summed E-state index contributed by atoms with van der Waals surface area (Å²) in [7, 11) is 0. The minimum absolute atomic E-state index is 0.547. The van der Waals surface area contributed by atoms with E-state index in [1.807, 2.05) is 0 Å². The van der Waals surface area contributed by atoms with E-state index in [0.717, 1.165) is 0 Å². The number of hydrogen-bond donors (Lipinski definition) is 0. The predicted octanol–water partition coefficient (Wildman–Crippen LogP) is 6.63. The van der Waals surface area contributed by atoms with Crippen LogP contribution in [0.5, 0.6) is 0 Å². The van der Waals surface area contributed by atoms with Gasteiger partial charge in [0.15, 0.2) is 0 Å². The third kappa shape index (κ3) is 2.09. The molecule has 25 heavy (non-hydrogen) atoms. The van der Waals surface area contributed by atoms with Crippen molar-refractivity contribution in [3.8, 4) is 0 Å². The molecule has 2 atom stereocenters. The number of aromatic nitrogens is 1. The molecule has 3 aromatic carbocycles. The van der Waals surface area contributed by atoms with Crippen LogP contribution in [0.4, 0.5) is 0 Å². The van der Waals surface area contributed by atoms with Crippen LogP contribution >= 0.6 is 0 Å². The van der Waals surface area contributed by atoms with E-state index in [2.05, 4.69) is 97.3 Å². The van der Waals surface area contributed by atoms with Gasteiger partial charge in [-0.3, -0.25) is 0 Å². The Morgan fingerprint density at radius 3 is 2.32 bits per heavy atom. The Hall–Kier alpha value is -2.80. The van der Waals surface area contributed by atoms with Crippen molar-refractivity contribution in [2.75, 3.05) is 0 Å². The van der Waals surface area contributed by atoms with Crippen molar-refractivity contribution in [1.29, 1.82) is 0 Å². The second-order valence-corrected chi connectivity index (χ2v) is 7.20. The van der Waals surface area contributed by atoms with Gasteiger partial charge in [0.1, 0.15) is 0 Å². The van der Waals surface area contributed by atoms with Crippen molar-refractivity contribution in [2.24, 2.45) is 11.8 Å². The van der Waals surface area contributed by atoms with Gasteiger partial charge in [0.2, 0.25) is 0 Å². The van der Waals surface area contributed by atoms with Gasteiger partial charge >= 0.3 is 0 Å². The topological polar surface area (TPSA) is 4.93 Å². The first-order chi connectivity index (χ1) is 12.2. The summed E-state index contributed by atoms with van der Waals surface area (Å²) in [5.74, 6) is 1.14. The van der Waals surface area contributed by atoms with E-state index in [-0.39, 0.29) is 0 Å². The molecule has 1 aliphatic rings. The molecule has 122 valence electrons. The van der Waals surface area contributed by atoms with Gasteiger partial charge in [-0.2, -0.15) is 0 Å². The maximum absolute atomic E-state index is 2.45. The number of benzene rings is 3. The molecular weight excluding hydrogens is 302 g/mol. The molecule has 0 saturated heterocycles. The van der Waals surface area contributed by atoms with Crippen molar-refractivity contribution in [3.63, 3.8) is 0 Å². The van der Waals surface area contributed by atoms with Crippen molar-refractivity contribution in [1.82, 2.24) is 4.57 Å². The van der Waals surface area contributed by atoms with E-state index in [9.17, 15) is 0 Å². The van der Waals surface area contributed by atoms with Crippen LogP contribution in [0.25, 0.3) is 38.3 Å². The highest BCUT2D eigenvalue weighted by Gasteiger charge is 2.18. The van der Waals surface area contributed by atoms with E-state index in [4.69, 9.17) is 0 Å². The molecule has 0 radical (unpaired) electrons. The minimum Gasteiger partial charge on any atom is -0.309 e. The number of allylic oxidation sites excluding steroid dienone is 4. The molecule has 1 nitrogen and oxygen atoms in total. The number of rotatable bonds is 1. The second kappa shape index (κ2) is 5.35. The Balaban J connectivity index is 1.98. The standard InChI is InChI=1S/C24H21N/c1-16-11-13-19(15-17(16)2)25-23-10-6-5-9-21(23)22-14-12-18-7-3-4-8-20(18)24(22)25/h3-17H,1-2H3/t16-,17?/m0/s1. The SMILES string of the molecule is CC1C=C(n2c3ccccc3c3ccc4ccccc4c32)C=C[C@@H]1C. The van der Waals surface area contributed by atoms with Crippen LogP contribution in [0.15, 0.2) is 78.9 Å². The molecule has 1 aliphatic carbocycles. The molecule has 0 bridgehead atoms. The third-order valence-corrected chi connectivity index (χ3v) is 5.65. The summed E-state index contributed by atoms with van der Waals surface area (Å²) in [5, 5.41) is 5.26. The highest BCUT2D eigenvalue weighted by molar-refractivity contribution is 6.19. The molecule has 1 heteroatoms. The van der Waals surface area contributed by atoms with Crippen LogP contribution in [0, 0.1) is 11.8 Å². The van der Waals surface area contributed by atoms with Crippen molar-refractivity contribution in [2.45, 2.75) is 13.8 Å². The average molecular weight is 323 g/mol. The molecule has 0 amide bonds. The zero-order valence-electron chi connectivity index (χ0n) is 14.6. The van der Waals surface area contributed by atoms with Gasteiger partial charge < -0.3 is 4.57 Å². The van der Waals surface area contributed by atoms with Gasteiger partial charge in [-0.15, -0.1) is 0 Å². The quantitative estimate of drug-likeness (QED) is 0.370. The lowest BCUT2D eigenvalue weighted by Gasteiger charge is -2.21. The Bertz CT molecular complexity index is 1170. The summed E-state index contributed by atoms with van der Waals surface area (Å²) in [5.41, 5.74) is 3.89. The fourth-order valence-corrected chi connectivity index (χ4v) is 4.05. The fraction of sp³-hybridized carbons (Fsp3) is 0.167. The van der Waals surface area contributed by atoms with Gasteiger partial charge in [-0.25, -0.2) is 0 Å². The van der Waals surface area contributed by atoms with E-state index in [1.54, 1.807) is 0 Å².